The third-order valence-corrected chi connectivity index (χ3v) is 5.32. The van der Waals surface area contributed by atoms with Crippen LogP contribution in [-0.2, 0) is 13.1 Å². The minimum absolute atomic E-state index is 0.0225. The Balaban J connectivity index is 2.45. The van der Waals surface area contributed by atoms with Crippen LogP contribution < -0.4 is 5.56 Å². The molecule has 0 unspecified atom stereocenters. The molecule has 2 N–H and O–H groups in total. The summed E-state index contributed by atoms with van der Waals surface area (Å²) < 4.78 is 1.68. The SMILES string of the molecule is CC(C)Cn1c(CN(C(=O)O)C(C)(C)C)c(-c2ccccc2)c2ccc(O)cc2c1=O. The largest absolute Gasteiger partial charge is 0.508 e. The predicted octanol–water partition coefficient (Wildman–Crippen LogP) is 5.31. The van der Waals surface area contributed by atoms with E-state index in [1.54, 1.807) is 16.7 Å². The second-order valence-corrected chi connectivity index (χ2v) is 9.27. The van der Waals surface area contributed by atoms with Gasteiger partial charge in [-0.25, -0.2) is 4.79 Å². The fraction of sp³-hybridized carbons (Fsp3) is 0.360. The number of fused-ring (bicyclic) bond motifs is 1. The minimum Gasteiger partial charge on any atom is -0.508 e. The van der Waals surface area contributed by atoms with Crippen molar-refractivity contribution in [3.63, 3.8) is 0 Å². The van der Waals surface area contributed by atoms with Crippen molar-refractivity contribution in [2.24, 2.45) is 5.92 Å². The first-order valence-electron chi connectivity index (χ1n) is 10.4. The average Bonchev–Trinajstić information content (AvgIpc) is 2.68. The van der Waals surface area contributed by atoms with E-state index < -0.39 is 11.6 Å². The third kappa shape index (κ3) is 4.58. The molecule has 0 spiro atoms. The molecule has 0 aliphatic heterocycles. The van der Waals surface area contributed by atoms with E-state index in [4.69, 9.17) is 0 Å². The molecule has 6 heteroatoms. The van der Waals surface area contributed by atoms with E-state index in [0.717, 1.165) is 11.1 Å². The van der Waals surface area contributed by atoms with Gasteiger partial charge in [0.15, 0.2) is 0 Å². The highest BCUT2D eigenvalue weighted by molar-refractivity contribution is 5.98. The molecular formula is C25H30N2O4. The van der Waals surface area contributed by atoms with Crippen LogP contribution >= 0.6 is 0 Å². The number of rotatable bonds is 5. The first-order valence-corrected chi connectivity index (χ1v) is 10.4. The maximum atomic E-state index is 13.5. The monoisotopic (exact) mass is 422 g/mol. The van der Waals surface area contributed by atoms with Gasteiger partial charge in [0.25, 0.3) is 5.56 Å². The van der Waals surface area contributed by atoms with Crippen LogP contribution in [0.1, 0.15) is 40.3 Å². The molecule has 6 nitrogen and oxygen atoms in total. The number of aromatic nitrogens is 1. The predicted molar refractivity (Wildman–Crippen MR) is 123 cm³/mol. The van der Waals surface area contributed by atoms with Crippen molar-refractivity contribution in [2.45, 2.75) is 53.2 Å². The molecule has 0 aliphatic carbocycles. The number of benzene rings is 2. The van der Waals surface area contributed by atoms with Crippen LogP contribution in [0, 0.1) is 5.92 Å². The van der Waals surface area contributed by atoms with Gasteiger partial charge in [-0.3, -0.25) is 9.69 Å². The Kier molecular flexibility index (Phi) is 6.11. The molecule has 1 aromatic heterocycles. The van der Waals surface area contributed by atoms with Gasteiger partial charge < -0.3 is 14.8 Å². The first-order chi connectivity index (χ1) is 14.5. The van der Waals surface area contributed by atoms with Crippen molar-refractivity contribution in [1.29, 1.82) is 0 Å². The van der Waals surface area contributed by atoms with Gasteiger partial charge in [0.05, 0.1) is 11.9 Å². The van der Waals surface area contributed by atoms with E-state index in [1.807, 2.05) is 65.0 Å². The number of hydrogen-bond donors (Lipinski definition) is 2. The lowest BCUT2D eigenvalue weighted by molar-refractivity contribution is 0.0937. The smallest absolute Gasteiger partial charge is 0.408 e. The van der Waals surface area contributed by atoms with Crippen LogP contribution in [0.5, 0.6) is 5.75 Å². The van der Waals surface area contributed by atoms with Crippen LogP contribution in [0.25, 0.3) is 21.9 Å². The first kappa shape index (κ1) is 22.4. The molecule has 0 saturated heterocycles. The maximum absolute atomic E-state index is 13.5. The number of pyridine rings is 1. The van der Waals surface area contributed by atoms with Gasteiger partial charge in [0.2, 0.25) is 0 Å². The van der Waals surface area contributed by atoms with E-state index in [-0.39, 0.29) is 23.8 Å². The molecule has 3 aromatic rings. The van der Waals surface area contributed by atoms with Gasteiger partial charge in [-0.1, -0.05) is 44.2 Å². The summed E-state index contributed by atoms with van der Waals surface area (Å²) >= 11 is 0. The summed E-state index contributed by atoms with van der Waals surface area (Å²) in [4.78, 5) is 27.0. The van der Waals surface area contributed by atoms with E-state index in [1.165, 1.54) is 11.0 Å². The highest BCUT2D eigenvalue weighted by Crippen LogP contribution is 2.34. The van der Waals surface area contributed by atoms with Gasteiger partial charge in [-0.15, -0.1) is 0 Å². The van der Waals surface area contributed by atoms with Crippen LogP contribution in [-0.4, -0.2) is 31.3 Å². The third-order valence-electron chi connectivity index (χ3n) is 5.32. The Morgan fingerprint density at radius 1 is 1.06 bits per heavy atom. The number of nitrogens with zero attached hydrogens (tertiary/aromatic N) is 2. The fourth-order valence-corrected chi connectivity index (χ4v) is 3.88. The second kappa shape index (κ2) is 8.46. The van der Waals surface area contributed by atoms with E-state index in [2.05, 4.69) is 0 Å². The molecule has 0 radical (unpaired) electrons. The Morgan fingerprint density at radius 3 is 2.26 bits per heavy atom. The zero-order valence-corrected chi connectivity index (χ0v) is 18.7. The number of aromatic hydroxyl groups is 1. The Bertz CT molecular complexity index is 1160. The Hall–Kier alpha value is -3.28. The van der Waals surface area contributed by atoms with Crippen molar-refractivity contribution >= 4 is 16.9 Å². The summed E-state index contributed by atoms with van der Waals surface area (Å²) in [6.45, 7) is 10.1. The van der Waals surface area contributed by atoms with E-state index >= 15 is 0 Å². The van der Waals surface area contributed by atoms with Gasteiger partial charge in [-0.05, 0) is 55.8 Å². The number of carboxylic acid groups (broad SMARTS) is 1. The summed E-state index contributed by atoms with van der Waals surface area (Å²) in [5, 5.41) is 21.1. The molecule has 1 amide bonds. The highest BCUT2D eigenvalue weighted by Gasteiger charge is 2.29. The van der Waals surface area contributed by atoms with Crippen LogP contribution in [0.15, 0.2) is 53.3 Å². The maximum Gasteiger partial charge on any atom is 0.408 e. The Labute approximate surface area is 182 Å². The molecule has 0 bridgehead atoms. The van der Waals surface area contributed by atoms with Crippen LogP contribution in [0.3, 0.4) is 0 Å². The quantitative estimate of drug-likeness (QED) is 0.584. The molecular weight excluding hydrogens is 392 g/mol. The van der Waals surface area contributed by atoms with Crippen molar-refractivity contribution < 1.29 is 15.0 Å². The number of amides is 1. The second-order valence-electron chi connectivity index (χ2n) is 9.27. The molecule has 31 heavy (non-hydrogen) atoms. The van der Waals surface area contributed by atoms with Crippen LogP contribution in [0.4, 0.5) is 4.79 Å². The number of carbonyl (C=O) groups is 1. The lowest BCUT2D eigenvalue weighted by Gasteiger charge is -2.35. The van der Waals surface area contributed by atoms with Gasteiger partial charge in [-0.2, -0.15) is 0 Å². The van der Waals surface area contributed by atoms with Crippen molar-refractivity contribution in [2.75, 3.05) is 0 Å². The lowest BCUT2D eigenvalue weighted by atomic mass is 9.95. The molecule has 1 heterocycles. The van der Waals surface area contributed by atoms with E-state index in [9.17, 15) is 19.8 Å². The summed E-state index contributed by atoms with van der Waals surface area (Å²) in [5.41, 5.74) is 1.48. The molecule has 0 atom stereocenters. The lowest BCUT2D eigenvalue weighted by Crippen LogP contribution is -2.45. The molecule has 0 saturated carbocycles. The Morgan fingerprint density at radius 2 is 1.71 bits per heavy atom. The zero-order valence-electron chi connectivity index (χ0n) is 18.7. The van der Waals surface area contributed by atoms with Gasteiger partial charge in [0, 0.05) is 23.3 Å². The van der Waals surface area contributed by atoms with Gasteiger partial charge >= 0.3 is 6.09 Å². The molecule has 0 fully saturated rings. The standard InChI is InChI=1S/C25H30N2O4/c1-16(2)14-26-21(15-27(24(30)31)25(3,4)5)22(17-9-7-6-8-10-17)19-12-11-18(28)13-20(19)23(26)29/h6-13,16,28H,14-15H2,1-5H3,(H,30,31). The number of phenols is 1. The minimum atomic E-state index is -1.04. The average molecular weight is 423 g/mol. The van der Waals surface area contributed by atoms with Crippen molar-refractivity contribution in [3.8, 4) is 16.9 Å². The normalized spacial score (nSPS) is 11.8. The number of phenolic OH excluding ortho intramolecular Hbond substituents is 1. The summed E-state index contributed by atoms with van der Waals surface area (Å²) in [6, 6.07) is 14.5. The van der Waals surface area contributed by atoms with Crippen LogP contribution in [0.2, 0.25) is 0 Å². The highest BCUT2D eigenvalue weighted by atomic mass is 16.4. The van der Waals surface area contributed by atoms with Crippen molar-refractivity contribution in [1.82, 2.24) is 9.47 Å². The fourth-order valence-electron chi connectivity index (χ4n) is 3.88. The summed E-state index contributed by atoms with van der Waals surface area (Å²) in [5.74, 6) is 0.192. The zero-order chi connectivity index (χ0) is 22.9. The van der Waals surface area contributed by atoms with E-state index in [0.29, 0.717) is 23.0 Å². The summed E-state index contributed by atoms with van der Waals surface area (Å²) in [6.07, 6.45) is -1.04. The molecule has 164 valence electrons. The number of hydrogen-bond acceptors (Lipinski definition) is 3. The van der Waals surface area contributed by atoms with Gasteiger partial charge in [0.1, 0.15) is 5.75 Å². The summed E-state index contributed by atoms with van der Waals surface area (Å²) in [7, 11) is 0. The molecule has 3 rings (SSSR count). The van der Waals surface area contributed by atoms with Crippen molar-refractivity contribution in [3.05, 3.63) is 64.6 Å². The molecule has 2 aromatic carbocycles. The topological polar surface area (TPSA) is 82.8 Å². The molecule has 0 aliphatic rings.